The molecule has 4 rings (SSSR count). The van der Waals surface area contributed by atoms with Crippen molar-refractivity contribution in [3.8, 4) is 17.2 Å². The minimum absolute atomic E-state index is 0.0612. The van der Waals surface area contributed by atoms with Crippen LogP contribution in [0.2, 0.25) is 0 Å². The number of rotatable bonds is 7. The number of amides is 1. The van der Waals surface area contributed by atoms with Crippen LogP contribution in [0.25, 0.3) is 11.1 Å². The van der Waals surface area contributed by atoms with Gasteiger partial charge in [0.15, 0.2) is 0 Å². The van der Waals surface area contributed by atoms with Crippen LogP contribution < -0.4 is 5.32 Å². The Bertz CT molecular complexity index is 1160. The van der Waals surface area contributed by atoms with E-state index in [0.29, 0.717) is 16.5 Å². The van der Waals surface area contributed by atoms with Gasteiger partial charge in [-0.25, -0.2) is 4.79 Å². The lowest BCUT2D eigenvalue weighted by molar-refractivity contribution is 0.0181. The van der Waals surface area contributed by atoms with Gasteiger partial charge in [0.1, 0.15) is 18.8 Å². The molecule has 2 unspecified atom stereocenters. The lowest BCUT2D eigenvalue weighted by Gasteiger charge is -2.21. The molecule has 0 radical (unpaired) electrons. The molecule has 168 valence electrons. The average molecular weight is 507 g/mol. The molecule has 0 heterocycles. The number of alkyl carbamates (subject to hydrolysis) is 1. The maximum absolute atomic E-state index is 12.3. The van der Waals surface area contributed by atoms with E-state index >= 15 is 0 Å². The Hall–Kier alpha value is -3.18. The summed E-state index contributed by atoms with van der Waals surface area (Å²) >= 11 is 3.34. The van der Waals surface area contributed by atoms with E-state index in [2.05, 4.69) is 33.4 Å². The van der Waals surface area contributed by atoms with Gasteiger partial charge in [0.25, 0.3) is 0 Å². The molecule has 33 heavy (non-hydrogen) atoms. The summed E-state index contributed by atoms with van der Waals surface area (Å²) in [6, 6.07) is 23.1. The summed E-state index contributed by atoms with van der Waals surface area (Å²) in [4.78, 5) is 12.3. The molecule has 2 atom stereocenters. The van der Waals surface area contributed by atoms with Gasteiger partial charge in [-0.15, -0.1) is 0 Å². The third-order valence-corrected chi connectivity index (χ3v) is 6.51. The fraction of sp³-hybridized carbons (Fsp3) is 0.231. The molecular weight excluding hydrogens is 484 g/mol. The van der Waals surface area contributed by atoms with Gasteiger partial charge in [0.05, 0.1) is 11.6 Å². The van der Waals surface area contributed by atoms with Crippen LogP contribution in [-0.4, -0.2) is 35.6 Å². The van der Waals surface area contributed by atoms with E-state index in [-0.39, 0.29) is 19.1 Å². The van der Waals surface area contributed by atoms with Crippen molar-refractivity contribution in [2.75, 3.05) is 13.2 Å². The molecule has 0 spiro atoms. The van der Waals surface area contributed by atoms with Crippen molar-refractivity contribution in [2.45, 2.75) is 23.5 Å². The van der Waals surface area contributed by atoms with Crippen LogP contribution in [0.15, 0.2) is 66.7 Å². The first-order chi connectivity index (χ1) is 16.0. The SMILES string of the molecule is N#Cc1ccc(CBr)c(C(O)C(O)CNC(=O)OCC2c3ccccc3-c3ccccc32)c1. The highest BCUT2D eigenvalue weighted by Crippen LogP contribution is 2.44. The van der Waals surface area contributed by atoms with Crippen LogP contribution in [0.3, 0.4) is 0 Å². The van der Waals surface area contributed by atoms with E-state index in [9.17, 15) is 15.0 Å². The molecule has 0 saturated heterocycles. The van der Waals surface area contributed by atoms with Crippen LogP contribution in [-0.2, 0) is 10.1 Å². The highest BCUT2D eigenvalue weighted by Gasteiger charge is 2.29. The van der Waals surface area contributed by atoms with Crippen LogP contribution in [0.4, 0.5) is 4.79 Å². The second-order valence-electron chi connectivity index (χ2n) is 7.88. The van der Waals surface area contributed by atoms with Gasteiger partial charge in [-0.2, -0.15) is 5.26 Å². The quantitative estimate of drug-likeness (QED) is 0.412. The number of nitriles is 1. The number of nitrogens with one attached hydrogen (secondary N) is 1. The van der Waals surface area contributed by atoms with Crippen LogP contribution >= 0.6 is 15.9 Å². The van der Waals surface area contributed by atoms with Crippen molar-refractivity contribution < 1.29 is 19.7 Å². The number of ether oxygens (including phenoxy) is 1. The lowest BCUT2D eigenvalue weighted by Crippen LogP contribution is -2.36. The number of nitrogens with zero attached hydrogens (tertiary/aromatic N) is 1. The summed E-state index contributed by atoms with van der Waals surface area (Å²) in [7, 11) is 0. The van der Waals surface area contributed by atoms with Gasteiger partial charge in [-0.1, -0.05) is 70.5 Å². The third-order valence-electron chi connectivity index (χ3n) is 5.90. The second-order valence-corrected chi connectivity index (χ2v) is 8.44. The van der Waals surface area contributed by atoms with E-state index in [1.165, 1.54) is 6.07 Å². The van der Waals surface area contributed by atoms with Crippen molar-refractivity contribution in [1.29, 1.82) is 5.26 Å². The minimum atomic E-state index is -1.27. The predicted molar refractivity (Wildman–Crippen MR) is 128 cm³/mol. The molecular formula is C26H23BrN2O4. The summed E-state index contributed by atoms with van der Waals surface area (Å²) < 4.78 is 5.46. The van der Waals surface area contributed by atoms with E-state index in [1.807, 2.05) is 42.5 Å². The zero-order valence-electron chi connectivity index (χ0n) is 17.7. The maximum Gasteiger partial charge on any atom is 0.407 e. The van der Waals surface area contributed by atoms with Crippen LogP contribution in [0.5, 0.6) is 0 Å². The lowest BCUT2D eigenvalue weighted by atomic mass is 9.97. The monoisotopic (exact) mass is 506 g/mol. The number of aliphatic hydroxyl groups excluding tert-OH is 2. The topological polar surface area (TPSA) is 103 Å². The second kappa shape index (κ2) is 10.2. The number of fused-ring (bicyclic) bond motifs is 3. The van der Waals surface area contributed by atoms with Crippen molar-refractivity contribution >= 4 is 22.0 Å². The highest BCUT2D eigenvalue weighted by atomic mass is 79.9. The summed E-state index contributed by atoms with van der Waals surface area (Å²) in [5.41, 5.74) is 6.08. The Labute approximate surface area is 200 Å². The number of carbonyl (C=O) groups is 1. The van der Waals surface area contributed by atoms with Gasteiger partial charge in [0, 0.05) is 17.8 Å². The van der Waals surface area contributed by atoms with Gasteiger partial charge in [0.2, 0.25) is 0 Å². The smallest absolute Gasteiger partial charge is 0.407 e. The summed E-state index contributed by atoms with van der Waals surface area (Å²) in [6.07, 6.45) is -3.20. The summed E-state index contributed by atoms with van der Waals surface area (Å²) in [5.74, 6) is -0.0612. The van der Waals surface area contributed by atoms with Gasteiger partial charge in [-0.05, 0) is 45.5 Å². The first-order valence-corrected chi connectivity index (χ1v) is 11.7. The number of hydrogen-bond acceptors (Lipinski definition) is 5. The molecule has 1 aliphatic rings. The number of benzene rings is 3. The Morgan fingerprint density at radius 2 is 1.70 bits per heavy atom. The molecule has 0 bridgehead atoms. The van der Waals surface area contributed by atoms with E-state index < -0.39 is 18.3 Å². The molecule has 1 aliphatic carbocycles. The van der Waals surface area contributed by atoms with Crippen molar-refractivity contribution in [3.63, 3.8) is 0 Å². The number of hydrogen-bond donors (Lipinski definition) is 3. The first kappa shape index (κ1) is 23.0. The largest absolute Gasteiger partial charge is 0.449 e. The van der Waals surface area contributed by atoms with E-state index in [0.717, 1.165) is 27.8 Å². The Balaban J connectivity index is 1.36. The molecule has 3 N–H and O–H groups in total. The first-order valence-electron chi connectivity index (χ1n) is 10.6. The zero-order chi connectivity index (χ0) is 23.4. The normalized spacial score (nSPS) is 14.0. The molecule has 0 saturated carbocycles. The maximum atomic E-state index is 12.3. The Morgan fingerprint density at radius 1 is 1.06 bits per heavy atom. The van der Waals surface area contributed by atoms with E-state index in [1.54, 1.807) is 12.1 Å². The molecule has 3 aromatic carbocycles. The minimum Gasteiger partial charge on any atom is -0.449 e. The molecule has 1 amide bonds. The van der Waals surface area contributed by atoms with Crippen molar-refractivity contribution in [3.05, 3.63) is 94.5 Å². The average Bonchev–Trinajstić information content (AvgIpc) is 3.18. The summed E-state index contributed by atoms with van der Waals surface area (Å²) in [6.45, 7) is -0.0349. The molecule has 3 aromatic rings. The fourth-order valence-electron chi connectivity index (χ4n) is 4.22. The van der Waals surface area contributed by atoms with Gasteiger partial charge in [-0.3, -0.25) is 0 Å². The molecule has 0 aromatic heterocycles. The van der Waals surface area contributed by atoms with Crippen molar-refractivity contribution in [1.82, 2.24) is 5.32 Å². The molecule has 6 nitrogen and oxygen atoms in total. The molecule has 7 heteroatoms. The van der Waals surface area contributed by atoms with E-state index in [4.69, 9.17) is 10.00 Å². The standard InChI is InChI=1S/C26H23BrN2O4/c27-12-17-10-9-16(13-28)11-22(17)25(31)24(30)14-29-26(32)33-15-23-20-7-3-1-5-18(20)19-6-2-4-8-21(19)23/h1-11,23-25,30-31H,12,14-15H2,(H,29,32). The van der Waals surface area contributed by atoms with Gasteiger partial charge >= 0.3 is 6.09 Å². The highest BCUT2D eigenvalue weighted by molar-refractivity contribution is 9.08. The molecule has 0 fully saturated rings. The van der Waals surface area contributed by atoms with Crippen molar-refractivity contribution in [2.24, 2.45) is 0 Å². The Kier molecular flexibility index (Phi) is 7.09. The van der Waals surface area contributed by atoms with Crippen LogP contribution in [0, 0.1) is 11.3 Å². The predicted octanol–water partition coefficient (Wildman–Crippen LogP) is 4.39. The van der Waals surface area contributed by atoms with Gasteiger partial charge < -0.3 is 20.3 Å². The molecule has 0 aliphatic heterocycles. The summed E-state index contributed by atoms with van der Waals surface area (Å²) in [5, 5.41) is 33.1. The zero-order valence-corrected chi connectivity index (χ0v) is 19.3. The number of halogens is 1. The number of alkyl halides is 1. The number of carbonyl (C=O) groups excluding carboxylic acids is 1. The third kappa shape index (κ3) is 4.79. The fourth-order valence-corrected chi connectivity index (χ4v) is 4.73. The Morgan fingerprint density at radius 3 is 2.30 bits per heavy atom. The number of aliphatic hydroxyl groups is 2. The van der Waals surface area contributed by atoms with Crippen LogP contribution in [0.1, 0.15) is 39.8 Å².